The Labute approximate surface area is 107 Å². The van der Waals surface area contributed by atoms with E-state index in [1.54, 1.807) is 13.0 Å². The molecule has 1 aromatic carbocycles. The third-order valence-electron chi connectivity index (χ3n) is 2.21. The highest BCUT2D eigenvalue weighted by Gasteiger charge is 2.21. The van der Waals surface area contributed by atoms with E-state index in [1.807, 2.05) is 20.8 Å². The number of phenolic OH excluding ortho intramolecular Hbond substituents is 1. The number of carbonyl (C=O) groups is 1. The van der Waals surface area contributed by atoms with Gasteiger partial charge in [0.05, 0.1) is 6.04 Å². The Hall–Kier alpha value is -1.06. The van der Waals surface area contributed by atoms with Gasteiger partial charge in [0.15, 0.2) is 5.78 Å². The standard InChI is InChI=1S/C13H18ClNO2/c1-8(15-13(2,3)4)12(17)9-5-10(14)7-11(16)6-9/h5-8,15-16H,1-4H3/t8-/m1/s1. The summed E-state index contributed by atoms with van der Waals surface area (Å²) in [5.41, 5.74) is 0.273. The largest absolute Gasteiger partial charge is 0.508 e. The van der Waals surface area contributed by atoms with E-state index in [4.69, 9.17) is 11.6 Å². The topological polar surface area (TPSA) is 49.3 Å². The highest BCUT2D eigenvalue weighted by atomic mass is 35.5. The maximum Gasteiger partial charge on any atom is 0.179 e. The number of hydrogen-bond donors (Lipinski definition) is 2. The molecule has 17 heavy (non-hydrogen) atoms. The molecule has 0 amide bonds. The number of Topliss-reactive ketones (excluding diaryl/α,β-unsaturated/α-hetero) is 1. The van der Waals surface area contributed by atoms with E-state index in [1.165, 1.54) is 12.1 Å². The molecular weight excluding hydrogens is 238 g/mol. The minimum atomic E-state index is -0.326. The van der Waals surface area contributed by atoms with E-state index in [2.05, 4.69) is 5.32 Å². The van der Waals surface area contributed by atoms with Crippen molar-refractivity contribution in [2.75, 3.05) is 0 Å². The van der Waals surface area contributed by atoms with Crippen LogP contribution in [0.2, 0.25) is 5.02 Å². The zero-order chi connectivity index (χ0) is 13.2. The normalized spacial score (nSPS) is 13.5. The van der Waals surface area contributed by atoms with Crippen molar-refractivity contribution in [1.29, 1.82) is 0 Å². The Kier molecular flexibility index (Phi) is 4.17. The van der Waals surface area contributed by atoms with E-state index >= 15 is 0 Å². The van der Waals surface area contributed by atoms with Gasteiger partial charge in [-0.1, -0.05) is 11.6 Å². The first-order chi connectivity index (χ1) is 7.69. The predicted octanol–water partition coefficient (Wildman–Crippen LogP) is 3.00. The van der Waals surface area contributed by atoms with Crippen LogP contribution in [-0.4, -0.2) is 22.5 Å². The lowest BCUT2D eigenvalue weighted by molar-refractivity contribution is 0.0935. The van der Waals surface area contributed by atoms with E-state index in [0.29, 0.717) is 10.6 Å². The Bertz CT molecular complexity index is 404. The van der Waals surface area contributed by atoms with Crippen LogP contribution in [0.15, 0.2) is 18.2 Å². The summed E-state index contributed by atoms with van der Waals surface area (Å²) in [4.78, 5) is 12.1. The lowest BCUT2D eigenvalue weighted by Crippen LogP contribution is -2.46. The number of phenols is 1. The molecule has 1 rings (SSSR count). The minimum Gasteiger partial charge on any atom is -0.508 e. The van der Waals surface area contributed by atoms with Crippen LogP contribution < -0.4 is 5.32 Å². The zero-order valence-electron chi connectivity index (χ0n) is 10.5. The Morgan fingerprint density at radius 1 is 1.35 bits per heavy atom. The second-order valence-electron chi connectivity index (χ2n) is 5.18. The highest BCUT2D eigenvalue weighted by molar-refractivity contribution is 6.31. The highest BCUT2D eigenvalue weighted by Crippen LogP contribution is 2.21. The molecule has 4 heteroatoms. The molecule has 0 heterocycles. The van der Waals surface area contributed by atoms with Crippen LogP contribution in [0.3, 0.4) is 0 Å². The molecule has 0 bridgehead atoms. The van der Waals surface area contributed by atoms with Crippen LogP contribution in [0.4, 0.5) is 0 Å². The number of hydrogen-bond acceptors (Lipinski definition) is 3. The van der Waals surface area contributed by atoms with Gasteiger partial charge in [-0.3, -0.25) is 4.79 Å². The smallest absolute Gasteiger partial charge is 0.179 e. The van der Waals surface area contributed by atoms with Crippen LogP contribution in [0.25, 0.3) is 0 Å². The van der Waals surface area contributed by atoms with Crippen LogP contribution in [0.5, 0.6) is 5.75 Å². The van der Waals surface area contributed by atoms with Gasteiger partial charge in [-0.15, -0.1) is 0 Å². The van der Waals surface area contributed by atoms with Gasteiger partial charge in [0.2, 0.25) is 0 Å². The summed E-state index contributed by atoms with van der Waals surface area (Å²) < 4.78 is 0. The molecule has 1 atom stereocenters. The van der Waals surface area contributed by atoms with Crippen molar-refractivity contribution >= 4 is 17.4 Å². The fraction of sp³-hybridized carbons (Fsp3) is 0.462. The molecule has 0 aliphatic carbocycles. The molecule has 0 saturated carbocycles. The zero-order valence-corrected chi connectivity index (χ0v) is 11.3. The molecule has 0 unspecified atom stereocenters. The Morgan fingerprint density at radius 3 is 2.41 bits per heavy atom. The summed E-state index contributed by atoms with van der Waals surface area (Å²) in [5, 5.41) is 12.9. The third-order valence-corrected chi connectivity index (χ3v) is 2.43. The number of aromatic hydroxyl groups is 1. The molecule has 0 aliphatic rings. The third kappa shape index (κ3) is 4.36. The average molecular weight is 256 g/mol. The maximum atomic E-state index is 12.1. The molecule has 2 N–H and O–H groups in total. The predicted molar refractivity (Wildman–Crippen MR) is 69.8 cm³/mol. The van der Waals surface area contributed by atoms with Crippen LogP contribution in [-0.2, 0) is 0 Å². The van der Waals surface area contributed by atoms with Crippen molar-refractivity contribution in [2.45, 2.75) is 39.3 Å². The lowest BCUT2D eigenvalue weighted by Gasteiger charge is -2.25. The van der Waals surface area contributed by atoms with E-state index in [9.17, 15) is 9.90 Å². The molecular formula is C13H18ClNO2. The van der Waals surface area contributed by atoms with Gasteiger partial charge in [-0.2, -0.15) is 0 Å². The van der Waals surface area contributed by atoms with Gasteiger partial charge in [0, 0.05) is 16.1 Å². The monoisotopic (exact) mass is 255 g/mol. The fourth-order valence-electron chi connectivity index (χ4n) is 1.68. The molecule has 0 aliphatic heterocycles. The first-order valence-corrected chi connectivity index (χ1v) is 5.88. The second kappa shape index (κ2) is 5.07. The van der Waals surface area contributed by atoms with E-state index < -0.39 is 0 Å². The summed E-state index contributed by atoms with van der Waals surface area (Å²) in [6.07, 6.45) is 0. The average Bonchev–Trinajstić information content (AvgIpc) is 2.12. The first-order valence-electron chi connectivity index (χ1n) is 5.50. The molecule has 0 aromatic heterocycles. The van der Waals surface area contributed by atoms with E-state index in [0.717, 1.165) is 0 Å². The first kappa shape index (κ1) is 14.0. The summed E-state index contributed by atoms with van der Waals surface area (Å²) in [7, 11) is 0. The van der Waals surface area contributed by atoms with Crippen LogP contribution in [0.1, 0.15) is 38.1 Å². The number of benzene rings is 1. The number of rotatable bonds is 3. The Balaban J connectivity index is 2.89. The van der Waals surface area contributed by atoms with Crippen molar-refractivity contribution in [3.05, 3.63) is 28.8 Å². The molecule has 3 nitrogen and oxygen atoms in total. The van der Waals surface area contributed by atoms with Gasteiger partial charge in [-0.05, 0) is 45.9 Å². The quantitative estimate of drug-likeness (QED) is 0.817. The van der Waals surface area contributed by atoms with E-state index in [-0.39, 0.29) is 23.1 Å². The van der Waals surface area contributed by atoms with Gasteiger partial charge in [-0.25, -0.2) is 0 Å². The summed E-state index contributed by atoms with van der Waals surface area (Å²) in [6.45, 7) is 7.77. The second-order valence-corrected chi connectivity index (χ2v) is 5.61. The van der Waals surface area contributed by atoms with Crippen molar-refractivity contribution in [3.8, 4) is 5.75 Å². The molecule has 0 fully saturated rings. The van der Waals surface area contributed by atoms with Crippen LogP contribution in [0, 0.1) is 0 Å². The fourth-order valence-corrected chi connectivity index (χ4v) is 1.91. The van der Waals surface area contributed by atoms with Crippen molar-refractivity contribution in [3.63, 3.8) is 0 Å². The van der Waals surface area contributed by atoms with Gasteiger partial charge >= 0.3 is 0 Å². The molecule has 0 spiro atoms. The molecule has 0 saturated heterocycles. The van der Waals surface area contributed by atoms with Crippen LogP contribution >= 0.6 is 11.6 Å². The summed E-state index contributed by atoms with van der Waals surface area (Å²) >= 11 is 5.80. The summed E-state index contributed by atoms with van der Waals surface area (Å²) in [6, 6.07) is 4.06. The maximum absolute atomic E-state index is 12.1. The number of ketones is 1. The van der Waals surface area contributed by atoms with Crippen molar-refractivity contribution in [1.82, 2.24) is 5.32 Å². The summed E-state index contributed by atoms with van der Waals surface area (Å²) in [5.74, 6) is -0.0819. The minimum absolute atomic E-state index is 0.00353. The molecule has 0 radical (unpaired) electrons. The Morgan fingerprint density at radius 2 is 1.94 bits per heavy atom. The van der Waals surface area contributed by atoms with Crippen molar-refractivity contribution in [2.24, 2.45) is 0 Å². The van der Waals surface area contributed by atoms with Crippen molar-refractivity contribution < 1.29 is 9.90 Å². The number of halogens is 1. The molecule has 94 valence electrons. The molecule has 1 aromatic rings. The number of carbonyl (C=O) groups excluding carboxylic acids is 1. The number of nitrogens with one attached hydrogen (secondary N) is 1. The van der Waals surface area contributed by atoms with Gasteiger partial charge in [0.25, 0.3) is 0 Å². The van der Waals surface area contributed by atoms with Gasteiger partial charge in [0.1, 0.15) is 5.75 Å². The van der Waals surface area contributed by atoms with Gasteiger partial charge < -0.3 is 10.4 Å². The lowest BCUT2D eigenvalue weighted by atomic mass is 10.0. The SMILES string of the molecule is C[C@@H](NC(C)(C)C)C(=O)c1cc(O)cc(Cl)c1.